The summed E-state index contributed by atoms with van der Waals surface area (Å²) in [5.74, 6) is 0.377. The van der Waals surface area contributed by atoms with Crippen molar-refractivity contribution in [3.63, 3.8) is 0 Å². The number of aromatic nitrogens is 2. The van der Waals surface area contributed by atoms with Gasteiger partial charge in [-0.05, 0) is 37.0 Å². The van der Waals surface area contributed by atoms with Crippen LogP contribution in [-0.4, -0.2) is 51.2 Å². The average molecular weight is 353 g/mol. The van der Waals surface area contributed by atoms with Crippen LogP contribution in [0.25, 0.3) is 0 Å². The van der Waals surface area contributed by atoms with E-state index in [-0.39, 0.29) is 24.2 Å². The molecule has 1 amide bonds. The maximum Gasteiger partial charge on any atom is 0.254 e. The Morgan fingerprint density at radius 2 is 2.15 bits per heavy atom. The number of Topliss-reactive ketones (excluding diaryl/α,β-unsaturated/α-hetero) is 1. The first-order valence-corrected chi connectivity index (χ1v) is 9.26. The van der Waals surface area contributed by atoms with Gasteiger partial charge in [0.1, 0.15) is 0 Å². The molecule has 26 heavy (non-hydrogen) atoms. The molecule has 1 unspecified atom stereocenters. The number of hydrogen-bond acceptors (Lipinski definition) is 4. The molecule has 2 heterocycles. The van der Waals surface area contributed by atoms with Gasteiger partial charge in [0, 0.05) is 42.8 Å². The number of aliphatic hydroxyl groups is 1. The van der Waals surface area contributed by atoms with Crippen LogP contribution in [0.1, 0.15) is 57.2 Å². The van der Waals surface area contributed by atoms with E-state index < -0.39 is 0 Å². The third kappa shape index (κ3) is 3.05. The fourth-order valence-corrected chi connectivity index (χ4v) is 4.09. The van der Waals surface area contributed by atoms with Gasteiger partial charge in [0.15, 0.2) is 5.78 Å². The summed E-state index contributed by atoms with van der Waals surface area (Å²) in [6.45, 7) is 1.94. The number of likely N-dealkylation sites (tertiary alicyclic amines) is 1. The van der Waals surface area contributed by atoms with Crippen LogP contribution >= 0.6 is 0 Å². The Hall–Kier alpha value is -2.47. The van der Waals surface area contributed by atoms with Crippen molar-refractivity contribution >= 4 is 11.7 Å². The first-order valence-electron chi connectivity index (χ1n) is 9.26. The molecular weight excluding hydrogens is 330 g/mol. The second-order valence-corrected chi connectivity index (χ2v) is 7.07. The van der Waals surface area contributed by atoms with Crippen LogP contribution in [0, 0.1) is 0 Å². The number of amides is 1. The van der Waals surface area contributed by atoms with E-state index in [4.69, 9.17) is 5.11 Å². The van der Waals surface area contributed by atoms with E-state index in [1.54, 1.807) is 4.68 Å². The van der Waals surface area contributed by atoms with Crippen molar-refractivity contribution in [2.45, 2.75) is 38.1 Å². The number of aliphatic hydroxyl groups excluding tert-OH is 1. The van der Waals surface area contributed by atoms with Gasteiger partial charge in [-0.1, -0.05) is 12.1 Å². The van der Waals surface area contributed by atoms with Crippen LogP contribution in [-0.2, 0) is 13.0 Å². The van der Waals surface area contributed by atoms with Crippen LogP contribution < -0.4 is 0 Å². The lowest BCUT2D eigenvalue weighted by Crippen LogP contribution is -2.39. The number of carbonyl (C=O) groups excluding carboxylic acids is 2. The monoisotopic (exact) mass is 353 g/mol. The van der Waals surface area contributed by atoms with Gasteiger partial charge in [0.25, 0.3) is 5.91 Å². The van der Waals surface area contributed by atoms with Gasteiger partial charge < -0.3 is 10.0 Å². The van der Waals surface area contributed by atoms with Crippen LogP contribution in [0.5, 0.6) is 0 Å². The van der Waals surface area contributed by atoms with Crippen LogP contribution in [0.4, 0.5) is 0 Å². The number of rotatable bonds is 4. The molecule has 136 valence electrons. The fraction of sp³-hybridized carbons (Fsp3) is 0.450. The second kappa shape index (κ2) is 7.03. The van der Waals surface area contributed by atoms with E-state index in [1.165, 1.54) is 0 Å². The number of benzene rings is 1. The zero-order chi connectivity index (χ0) is 18.1. The average Bonchev–Trinajstić information content (AvgIpc) is 3.29. The topological polar surface area (TPSA) is 75.4 Å². The summed E-state index contributed by atoms with van der Waals surface area (Å²) in [5, 5.41) is 13.6. The SMILES string of the molecule is O=C1CCc2c1cccc2C(=O)N1CCCC(c2ccn(CCO)n2)C1. The third-order valence-electron chi connectivity index (χ3n) is 5.43. The van der Waals surface area contributed by atoms with Gasteiger partial charge in [-0.15, -0.1) is 0 Å². The highest BCUT2D eigenvalue weighted by molar-refractivity contribution is 6.05. The molecule has 0 radical (unpaired) electrons. The van der Waals surface area contributed by atoms with Crippen molar-refractivity contribution in [2.24, 2.45) is 0 Å². The van der Waals surface area contributed by atoms with Crippen molar-refractivity contribution in [1.29, 1.82) is 0 Å². The molecule has 2 aromatic rings. The van der Waals surface area contributed by atoms with E-state index in [2.05, 4.69) is 5.10 Å². The molecule has 6 heteroatoms. The fourth-order valence-electron chi connectivity index (χ4n) is 4.09. The molecule has 1 N–H and O–H groups in total. The highest BCUT2D eigenvalue weighted by Gasteiger charge is 2.30. The van der Waals surface area contributed by atoms with Crippen LogP contribution in [0.3, 0.4) is 0 Å². The zero-order valence-electron chi connectivity index (χ0n) is 14.7. The molecule has 1 atom stereocenters. The predicted octanol–water partition coefficient (Wildman–Crippen LogP) is 2.02. The lowest BCUT2D eigenvalue weighted by atomic mass is 9.93. The summed E-state index contributed by atoms with van der Waals surface area (Å²) in [6, 6.07) is 7.47. The molecule has 1 aromatic carbocycles. The molecule has 1 aliphatic carbocycles. The van der Waals surface area contributed by atoms with E-state index in [9.17, 15) is 9.59 Å². The molecule has 0 saturated carbocycles. The van der Waals surface area contributed by atoms with Gasteiger partial charge in [0.2, 0.25) is 0 Å². The van der Waals surface area contributed by atoms with Crippen molar-refractivity contribution in [1.82, 2.24) is 14.7 Å². The Bertz CT molecular complexity index is 843. The standard InChI is InChI=1S/C20H23N3O3/c24-12-11-23-10-8-18(21-23)14-3-2-9-22(13-14)20(26)17-5-1-4-16-15(17)6-7-19(16)25/h1,4-5,8,10,14,24H,2-3,6-7,9,11-13H2. The lowest BCUT2D eigenvalue weighted by Gasteiger charge is -2.32. The summed E-state index contributed by atoms with van der Waals surface area (Å²) in [7, 11) is 0. The molecule has 4 rings (SSSR count). The summed E-state index contributed by atoms with van der Waals surface area (Å²) in [6.07, 6.45) is 4.99. The largest absolute Gasteiger partial charge is 0.394 e. The Morgan fingerprint density at radius 1 is 1.27 bits per heavy atom. The van der Waals surface area contributed by atoms with Gasteiger partial charge >= 0.3 is 0 Å². The molecular formula is C20H23N3O3. The molecule has 1 aromatic heterocycles. The minimum absolute atomic E-state index is 0.0241. The minimum atomic E-state index is 0.0241. The number of piperidine rings is 1. The molecule has 6 nitrogen and oxygen atoms in total. The Morgan fingerprint density at radius 3 is 3.00 bits per heavy atom. The van der Waals surface area contributed by atoms with Gasteiger partial charge in [-0.3, -0.25) is 14.3 Å². The quantitative estimate of drug-likeness (QED) is 0.912. The van der Waals surface area contributed by atoms with Crippen molar-refractivity contribution in [3.8, 4) is 0 Å². The van der Waals surface area contributed by atoms with Crippen LogP contribution in [0.15, 0.2) is 30.5 Å². The summed E-state index contributed by atoms with van der Waals surface area (Å²) in [5.41, 5.74) is 3.29. The van der Waals surface area contributed by atoms with Crippen molar-refractivity contribution < 1.29 is 14.7 Å². The van der Waals surface area contributed by atoms with E-state index in [1.807, 2.05) is 35.4 Å². The molecule has 2 aliphatic rings. The molecule has 1 saturated heterocycles. The maximum atomic E-state index is 13.1. The highest BCUT2D eigenvalue weighted by atomic mass is 16.3. The summed E-state index contributed by atoms with van der Waals surface area (Å²) in [4.78, 5) is 27.0. The number of fused-ring (bicyclic) bond motifs is 1. The second-order valence-electron chi connectivity index (χ2n) is 7.07. The zero-order valence-corrected chi connectivity index (χ0v) is 14.7. The number of hydrogen-bond donors (Lipinski definition) is 1. The lowest BCUT2D eigenvalue weighted by molar-refractivity contribution is 0.0704. The Labute approximate surface area is 152 Å². The summed E-state index contributed by atoms with van der Waals surface area (Å²) >= 11 is 0. The smallest absolute Gasteiger partial charge is 0.254 e. The van der Waals surface area contributed by atoms with E-state index in [0.717, 1.165) is 30.6 Å². The van der Waals surface area contributed by atoms with Crippen LogP contribution in [0.2, 0.25) is 0 Å². The van der Waals surface area contributed by atoms with Gasteiger partial charge in [-0.2, -0.15) is 5.10 Å². The van der Waals surface area contributed by atoms with Gasteiger partial charge in [0.05, 0.1) is 18.8 Å². The number of carbonyl (C=O) groups is 2. The summed E-state index contributed by atoms with van der Waals surface area (Å²) < 4.78 is 1.74. The van der Waals surface area contributed by atoms with E-state index >= 15 is 0 Å². The first-order chi connectivity index (χ1) is 12.7. The molecule has 1 fully saturated rings. The van der Waals surface area contributed by atoms with Crippen molar-refractivity contribution in [3.05, 3.63) is 52.8 Å². The Balaban J connectivity index is 1.53. The molecule has 1 aliphatic heterocycles. The minimum Gasteiger partial charge on any atom is -0.394 e. The van der Waals surface area contributed by atoms with E-state index in [0.29, 0.717) is 37.1 Å². The molecule has 0 bridgehead atoms. The molecule has 0 spiro atoms. The number of nitrogens with zero attached hydrogens (tertiary/aromatic N) is 3. The number of ketones is 1. The van der Waals surface area contributed by atoms with Gasteiger partial charge in [-0.25, -0.2) is 0 Å². The highest BCUT2D eigenvalue weighted by Crippen LogP contribution is 2.30. The Kier molecular flexibility index (Phi) is 4.59. The first kappa shape index (κ1) is 17.0. The van der Waals surface area contributed by atoms with Crippen molar-refractivity contribution in [2.75, 3.05) is 19.7 Å². The predicted molar refractivity (Wildman–Crippen MR) is 96.3 cm³/mol. The normalized spacial score (nSPS) is 19.7. The third-order valence-corrected chi connectivity index (χ3v) is 5.43. The maximum absolute atomic E-state index is 13.1.